The molecule has 2 N–H and O–H groups in total. The van der Waals surface area contributed by atoms with Crippen LogP contribution in [0.15, 0.2) is 53.7 Å². The molecule has 0 radical (unpaired) electrons. The second-order valence-electron chi connectivity index (χ2n) is 8.85. The summed E-state index contributed by atoms with van der Waals surface area (Å²) in [5, 5.41) is 7.06. The van der Waals surface area contributed by atoms with Crippen LogP contribution < -0.4 is 15.4 Å². The second kappa shape index (κ2) is 12.4. The molecule has 174 valence electrons. The molecule has 1 aromatic carbocycles. The zero-order valence-electron chi connectivity index (χ0n) is 19.2. The maximum absolute atomic E-state index is 5.80. The van der Waals surface area contributed by atoms with Crippen LogP contribution in [0.3, 0.4) is 0 Å². The number of hydrogen-bond acceptors (Lipinski definition) is 4. The van der Waals surface area contributed by atoms with Gasteiger partial charge in [0.15, 0.2) is 5.96 Å². The van der Waals surface area contributed by atoms with E-state index in [0.29, 0.717) is 24.5 Å². The Labute approximate surface area is 209 Å². The van der Waals surface area contributed by atoms with E-state index in [9.17, 15) is 0 Å². The molecular weight excluding hydrogens is 513 g/mol. The number of likely N-dealkylation sites (tertiary alicyclic amines) is 1. The van der Waals surface area contributed by atoms with Gasteiger partial charge >= 0.3 is 0 Å². The van der Waals surface area contributed by atoms with Gasteiger partial charge in [0.05, 0.1) is 6.61 Å². The molecule has 0 amide bonds. The monoisotopic (exact) mass is 549 g/mol. The van der Waals surface area contributed by atoms with Crippen molar-refractivity contribution in [2.75, 3.05) is 20.2 Å². The molecule has 4 rings (SSSR count). The molecule has 0 spiro atoms. The zero-order chi connectivity index (χ0) is 21.5. The van der Waals surface area contributed by atoms with E-state index >= 15 is 0 Å². The van der Waals surface area contributed by atoms with Gasteiger partial charge in [-0.1, -0.05) is 30.3 Å². The van der Waals surface area contributed by atoms with Crippen LogP contribution in [0.25, 0.3) is 0 Å². The van der Waals surface area contributed by atoms with E-state index in [-0.39, 0.29) is 24.0 Å². The van der Waals surface area contributed by atoms with Crippen LogP contribution in [0.5, 0.6) is 5.88 Å². The summed E-state index contributed by atoms with van der Waals surface area (Å²) in [6, 6.07) is 15.8. The number of aliphatic imine (C=N–C) groups is 1. The van der Waals surface area contributed by atoms with E-state index in [1.54, 1.807) is 0 Å². The average molecular weight is 550 g/mol. The van der Waals surface area contributed by atoms with Crippen molar-refractivity contribution >= 4 is 29.9 Å². The minimum atomic E-state index is 0. The number of hydrogen-bond donors (Lipinski definition) is 2. The van der Waals surface area contributed by atoms with Gasteiger partial charge in [-0.3, -0.25) is 9.89 Å². The van der Waals surface area contributed by atoms with Gasteiger partial charge in [-0.15, -0.1) is 24.0 Å². The summed E-state index contributed by atoms with van der Waals surface area (Å²) < 4.78 is 5.80. The van der Waals surface area contributed by atoms with Gasteiger partial charge in [-0.05, 0) is 55.7 Å². The lowest BCUT2D eigenvalue weighted by atomic mass is 9.97. The van der Waals surface area contributed by atoms with E-state index in [2.05, 4.69) is 62.8 Å². The highest BCUT2D eigenvalue weighted by molar-refractivity contribution is 14.0. The van der Waals surface area contributed by atoms with Crippen molar-refractivity contribution in [2.24, 2.45) is 10.9 Å². The van der Waals surface area contributed by atoms with Crippen LogP contribution in [0, 0.1) is 5.92 Å². The fourth-order valence-electron chi connectivity index (χ4n) is 4.11. The number of ether oxygens (including phenoxy) is 1. The Morgan fingerprint density at radius 1 is 1.16 bits per heavy atom. The van der Waals surface area contributed by atoms with Gasteiger partial charge in [0.25, 0.3) is 0 Å². The molecule has 6 nitrogen and oxygen atoms in total. The number of piperidine rings is 1. The predicted octanol–water partition coefficient (Wildman–Crippen LogP) is 4.21. The number of aromatic nitrogens is 1. The highest BCUT2D eigenvalue weighted by atomic mass is 127. The van der Waals surface area contributed by atoms with Crippen molar-refractivity contribution in [1.82, 2.24) is 20.5 Å². The topological polar surface area (TPSA) is 61.8 Å². The third kappa shape index (κ3) is 7.62. The molecule has 2 aliphatic rings. The highest BCUT2D eigenvalue weighted by Crippen LogP contribution is 2.29. The third-order valence-electron chi connectivity index (χ3n) is 6.23. The van der Waals surface area contributed by atoms with E-state index in [1.165, 1.54) is 18.4 Å². The van der Waals surface area contributed by atoms with Gasteiger partial charge in [0.2, 0.25) is 5.88 Å². The normalized spacial score (nSPS) is 21.5. The molecular formula is C25H36IN5O. The fraction of sp³-hybridized carbons (Fsp3) is 0.520. The molecule has 1 saturated carbocycles. The Morgan fingerprint density at radius 2 is 1.97 bits per heavy atom. The zero-order valence-corrected chi connectivity index (χ0v) is 21.5. The van der Waals surface area contributed by atoms with Crippen molar-refractivity contribution in [1.29, 1.82) is 0 Å². The molecule has 1 aliphatic heterocycles. The van der Waals surface area contributed by atoms with Crippen LogP contribution in [-0.2, 0) is 13.1 Å². The van der Waals surface area contributed by atoms with Gasteiger partial charge in [0, 0.05) is 51.0 Å². The summed E-state index contributed by atoms with van der Waals surface area (Å²) in [7, 11) is 1.83. The summed E-state index contributed by atoms with van der Waals surface area (Å²) in [5.41, 5.74) is 2.53. The number of nitrogens with one attached hydrogen (secondary N) is 2. The van der Waals surface area contributed by atoms with Crippen molar-refractivity contribution in [3.63, 3.8) is 0 Å². The summed E-state index contributed by atoms with van der Waals surface area (Å²) in [6.45, 7) is 5.93. The molecule has 2 unspecified atom stereocenters. The molecule has 32 heavy (non-hydrogen) atoms. The molecule has 2 atom stereocenters. The van der Waals surface area contributed by atoms with Crippen molar-refractivity contribution in [2.45, 2.75) is 57.8 Å². The standard InChI is InChI=1S/C25H35N5O.HI/c1-19-14-23(11-13-30(19)17-20-6-4-3-5-7-20)29-25(26-2)28-16-22-10-12-27-24(15-22)31-18-21-8-9-21;/h3-7,10,12,15,19,21,23H,8-9,11,13-14,16-18H2,1-2H3,(H2,26,28,29);1H. The first kappa shape index (κ1) is 24.8. The number of pyridine rings is 1. The Morgan fingerprint density at radius 3 is 2.69 bits per heavy atom. The first-order chi connectivity index (χ1) is 15.2. The van der Waals surface area contributed by atoms with Crippen LogP contribution in [0.2, 0.25) is 0 Å². The summed E-state index contributed by atoms with van der Waals surface area (Å²) in [5.74, 6) is 2.30. The lowest BCUT2D eigenvalue weighted by Crippen LogP contribution is -2.51. The first-order valence-electron chi connectivity index (χ1n) is 11.5. The van der Waals surface area contributed by atoms with Crippen LogP contribution in [-0.4, -0.2) is 48.1 Å². The molecule has 2 aromatic rings. The number of nitrogens with zero attached hydrogens (tertiary/aromatic N) is 3. The fourth-order valence-corrected chi connectivity index (χ4v) is 4.11. The maximum atomic E-state index is 5.80. The third-order valence-corrected chi connectivity index (χ3v) is 6.23. The maximum Gasteiger partial charge on any atom is 0.213 e. The molecule has 0 bridgehead atoms. The first-order valence-corrected chi connectivity index (χ1v) is 11.5. The highest BCUT2D eigenvalue weighted by Gasteiger charge is 2.26. The Kier molecular flexibility index (Phi) is 9.59. The number of guanidine groups is 1. The Bertz CT molecular complexity index is 858. The second-order valence-corrected chi connectivity index (χ2v) is 8.85. The minimum absolute atomic E-state index is 0. The minimum Gasteiger partial charge on any atom is -0.477 e. The van der Waals surface area contributed by atoms with Gasteiger partial charge in [-0.25, -0.2) is 4.98 Å². The quantitative estimate of drug-likeness (QED) is 0.294. The summed E-state index contributed by atoms with van der Waals surface area (Å²) >= 11 is 0. The Hall–Kier alpha value is -1.87. The van der Waals surface area contributed by atoms with E-state index in [1.807, 2.05) is 25.4 Å². The molecule has 1 saturated heterocycles. The van der Waals surface area contributed by atoms with E-state index in [4.69, 9.17) is 4.74 Å². The Balaban J connectivity index is 0.00000289. The van der Waals surface area contributed by atoms with Crippen molar-refractivity contribution < 1.29 is 4.74 Å². The van der Waals surface area contributed by atoms with Crippen LogP contribution in [0.1, 0.15) is 43.7 Å². The van der Waals surface area contributed by atoms with E-state index in [0.717, 1.165) is 50.0 Å². The van der Waals surface area contributed by atoms with Gasteiger partial charge < -0.3 is 15.4 Å². The largest absolute Gasteiger partial charge is 0.477 e. The predicted molar refractivity (Wildman–Crippen MR) is 141 cm³/mol. The summed E-state index contributed by atoms with van der Waals surface area (Å²) in [4.78, 5) is 11.3. The van der Waals surface area contributed by atoms with Crippen LogP contribution in [0.4, 0.5) is 0 Å². The average Bonchev–Trinajstić information content (AvgIpc) is 3.63. The van der Waals surface area contributed by atoms with Crippen molar-refractivity contribution in [3.05, 3.63) is 59.8 Å². The number of halogens is 1. The van der Waals surface area contributed by atoms with Gasteiger partial charge in [-0.2, -0.15) is 0 Å². The number of rotatable bonds is 8. The van der Waals surface area contributed by atoms with E-state index < -0.39 is 0 Å². The van der Waals surface area contributed by atoms with Crippen LogP contribution >= 0.6 is 24.0 Å². The molecule has 1 aromatic heterocycles. The smallest absolute Gasteiger partial charge is 0.213 e. The molecule has 7 heteroatoms. The molecule has 1 aliphatic carbocycles. The molecule has 2 fully saturated rings. The SMILES string of the molecule is CN=C(NCc1ccnc(OCC2CC2)c1)NC1CCN(Cc2ccccc2)C(C)C1.I. The van der Waals surface area contributed by atoms with Crippen molar-refractivity contribution in [3.8, 4) is 5.88 Å². The summed E-state index contributed by atoms with van der Waals surface area (Å²) in [6.07, 6.45) is 6.62. The molecule has 2 heterocycles. The lowest BCUT2D eigenvalue weighted by molar-refractivity contribution is 0.134. The lowest BCUT2D eigenvalue weighted by Gasteiger charge is -2.38. The number of benzene rings is 1. The van der Waals surface area contributed by atoms with Gasteiger partial charge in [0.1, 0.15) is 0 Å².